The molecule has 0 saturated heterocycles. The molecule has 2 N–H and O–H groups in total. The monoisotopic (exact) mass is 260 g/mol. The highest BCUT2D eigenvalue weighted by Crippen LogP contribution is 2.17. The molecule has 0 atom stereocenters. The van der Waals surface area contributed by atoms with Gasteiger partial charge in [-0.05, 0) is 32.4 Å². The Kier molecular flexibility index (Phi) is 3.29. The predicted molar refractivity (Wildman–Crippen MR) is 71.9 cm³/mol. The van der Waals surface area contributed by atoms with Crippen molar-refractivity contribution >= 4 is 5.97 Å². The molecule has 0 bridgehead atoms. The molecular formula is C14H16N2O3. The first-order valence-corrected chi connectivity index (χ1v) is 6.00. The van der Waals surface area contributed by atoms with Crippen LogP contribution in [0.25, 0.3) is 5.69 Å². The number of aliphatic carboxylic acids is 1. The average molecular weight is 260 g/mol. The lowest BCUT2D eigenvalue weighted by Gasteiger charge is -2.10. The lowest BCUT2D eigenvalue weighted by atomic mass is 10.1. The number of hydrogen-bond donors (Lipinski definition) is 2. The zero-order valence-corrected chi connectivity index (χ0v) is 11.2. The fraction of sp³-hybridized carbons (Fsp3) is 0.286. The van der Waals surface area contributed by atoms with Gasteiger partial charge < -0.3 is 5.11 Å². The first kappa shape index (κ1) is 13.1. The maximum absolute atomic E-state index is 11.8. The zero-order valence-electron chi connectivity index (χ0n) is 11.2. The van der Waals surface area contributed by atoms with Crippen LogP contribution in [0.15, 0.2) is 23.0 Å². The second kappa shape index (κ2) is 4.76. The van der Waals surface area contributed by atoms with Crippen molar-refractivity contribution in [2.24, 2.45) is 0 Å². The van der Waals surface area contributed by atoms with Gasteiger partial charge in [-0.3, -0.25) is 19.4 Å². The van der Waals surface area contributed by atoms with Gasteiger partial charge in [-0.15, -0.1) is 0 Å². The Morgan fingerprint density at radius 3 is 2.58 bits per heavy atom. The number of nitrogens with zero attached hydrogens (tertiary/aromatic N) is 1. The minimum Gasteiger partial charge on any atom is -0.481 e. The van der Waals surface area contributed by atoms with Crippen molar-refractivity contribution in [1.82, 2.24) is 9.78 Å². The third-order valence-corrected chi connectivity index (χ3v) is 3.18. The van der Waals surface area contributed by atoms with Gasteiger partial charge in [0.15, 0.2) is 0 Å². The van der Waals surface area contributed by atoms with Crippen LogP contribution in [0.5, 0.6) is 0 Å². The lowest BCUT2D eigenvalue weighted by molar-refractivity contribution is -0.136. The molecule has 5 nitrogen and oxygen atoms in total. The second-order valence-electron chi connectivity index (χ2n) is 4.70. The molecule has 2 rings (SSSR count). The first-order chi connectivity index (χ1) is 8.90. The van der Waals surface area contributed by atoms with Crippen LogP contribution in [-0.4, -0.2) is 20.9 Å². The first-order valence-electron chi connectivity index (χ1n) is 6.00. The Labute approximate surface area is 110 Å². The number of benzene rings is 1. The van der Waals surface area contributed by atoms with Gasteiger partial charge in [0.25, 0.3) is 5.56 Å². The Morgan fingerprint density at radius 1 is 1.32 bits per heavy atom. The van der Waals surface area contributed by atoms with E-state index in [0.717, 1.165) is 16.8 Å². The molecule has 1 aromatic carbocycles. The summed E-state index contributed by atoms with van der Waals surface area (Å²) in [6, 6.07) is 5.89. The largest absolute Gasteiger partial charge is 0.481 e. The maximum atomic E-state index is 11.8. The maximum Gasteiger partial charge on any atom is 0.308 e. The summed E-state index contributed by atoms with van der Waals surface area (Å²) in [6.07, 6.45) is -0.265. The minimum atomic E-state index is -1.01. The van der Waals surface area contributed by atoms with Crippen molar-refractivity contribution in [3.63, 3.8) is 0 Å². The fourth-order valence-corrected chi connectivity index (χ4v) is 2.21. The Morgan fingerprint density at radius 2 is 2.00 bits per heavy atom. The topological polar surface area (TPSA) is 75.1 Å². The molecule has 0 saturated carbocycles. The summed E-state index contributed by atoms with van der Waals surface area (Å²) < 4.78 is 1.65. The smallest absolute Gasteiger partial charge is 0.308 e. The molecule has 1 aromatic heterocycles. The Hall–Kier alpha value is -2.30. The number of hydrogen-bond acceptors (Lipinski definition) is 2. The van der Waals surface area contributed by atoms with Gasteiger partial charge in [0, 0.05) is 5.69 Å². The van der Waals surface area contributed by atoms with Crippen molar-refractivity contribution in [2.75, 3.05) is 0 Å². The summed E-state index contributed by atoms with van der Waals surface area (Å²) in [5.41, 5.74) is 3.61. The molecule has 2 aromatic rings. The number of aromatic amines is 1. The van der Waals surface area contributed by atoms with Gasteiger partial charge in [0.2, 0.25) is 0 Å². The molecule has 1 heterocycles. The van der Waals surface area contributed by atoms with E-state index in [1.807, 2.05) is 32.0 Å². The highest BCUT2D eigenvalue weighted by molar-refractivity contribution is 5.70. The van der Waals surface area contributed by atoms with E-state index in [1.54, 1.807) is 11.6 Å². The molecule has 5 heteroatoms. The van der Waals surface area contributed by atoms with Crippen molar-refractivity contribution in [3.05, 3.63) is 50.9 Å². The standard InChI is InChI=1S/C14H16N2O3/c1-8-4-5-12(9(2)6-8)16-10(3)11(7-13(17)18)14(19)15-16/h4-6H,7H2,1-3H3,(H,15,19)(H,17,18). The number of rotatable bonds is 3. The molecule has 0 aliphatic rings. The van der Waals surface area contributed by atoms with Crippen LogP contribution in [-0.2, 0) is 11.2 Å². The third kappa shape index (κ3) is 2.45. The van der Waals surface area contributed by atoms with Crippen LogP contribution in [0.3, 0.4) is 0 Å². The lowest BCUT2D eigenvalue weighted by Crippen LogP contribution is -2.11. The molecule has 0 aliphatic heterocycles. The van der Waals surface area contributed by atoms with Crippen LogP contribution in [0.1, 0.15) is 22.4 Å². The highest BCUT2D eigenvalue weighted by Gasteiger charge is 2.15. The summed E-state index contributed by atoms with van der Waals surface area (Å²) in [6.45, 7) is 5.70. The molecule has 0 aliphatic carbocycles. The molecule has 19 heavy (non-hydrogen) atoms. The Bertz CT molecular complexity index is 695. The van der Waals surface area contributed by atoms with E-state index in [0.29, 0.717) is 11.3 Å². The number of carboxylic acid groups (broad SMARTS) is 1. The van der Waals surface area contributed by atoms with Crippen LogP contribution < -0.4 is 5.56 Å². The van der Waals surface area contributed by atoms with Gasteiger partial charge in [-0.25, -0.2) is 0 Å². The molecular weight excluding hydrogens is 244 g/mol. The van der Waals surface area contributed by atoms with E-state index >= 15 is 0 Å². The molecule has 0 fully saturated rings. The van der Waals surface area contributed by atoms with E-state index in [1.165, 1.54) is 0 Å². The molecule has 0 radical (unpaired) electrons. The summed E-state index contributed by atoms with van der Waals surface area (Å²) >= 11 is 0. The second-order valence-corrected chi connectivity index (χ2v) is 4.70. The van der Waals surface area contributed by atoms with Crippen molar-refractivity contribution in [1.29, 1.82) is 0 Å². The van der Waals surface area contributed by atoms with Crippen molar-refractivity contribution in [2.45, 2.75) is 27.2 Å². The third-order valence-electron chi connectivity index (χ3n) is 3.18. The molecule has 100 valence electrons. The molecule has 0 unspecified atom stereocenters. The minimum absolute atomic E-state index is 0.265. The average Bonchev–Trinajstić information content (AvgIpc) is 2.57. The van der Waals surface area contributed by atoms with Gasteiger partial charge in [0.05, 0.1) is 17.7 Å². The normalized spacial score (nSPS) is 10.7. The predicted octanol–water partition coefficient (Wildman–Crippen LogP) is 1.72. The number of aromatic nitrogens is 2. The van der Waals surface area contributed by atoms with E-state index in [9.17, 15) is 9.59 Å². The van der Waals surface area contributed by atoms with E-state index in [4.69, 9.17) is 5.11 Å². The zero-order chi connectivity index (χ0) is 14.2. The number of carboxylic acids is 1. The number of nitrogens with one attached hydrogen (secondary N) is 1. The van der Waals surface area contributed by atoms with E-state index in [2.05, 4.69) is 5.10 Å². The number of carbonyl (C=O) groups is 1. The van der Waals surface area contributed by atoms with Crippen LogP contribution in [0.2, 0.25) is 0 Å². The van der Waals surface area contributed by atoms with Crippen LogP contribution in [0, 0.1) is 20.8 Å². The molecule has 0 amide bonds. The van der Waals surface area contributed by atoms with Gasteiger partial charge in [-0.2, -0.15) is 0 Å². The Balaban J connectivity index is 2.58. The summed E-state index contributed by atoms with van der Waals surface area (Å²) in [4.78, 5) is 22.6. The molecule has 0 spiro atoms. The number of H-pyrrole nitrogens is 1. The summed E-state index contributed by atoms with van der Waals surface area (Å²) in [5.74, 6) is -1.01. The van der Waals surface area contributed by atoms with Crippen molar-refractivity contribution in [3.8, 4) is 5.69 Å². The van der Waals surface area contributed by atoms with Crippen LogP contribution in [0.4, 0.5) is 0 Å². The van der Waals surface area contributed by atoms with E-state index in [-0.39, 0.29) is 12.0 Å². The fourth-order valence-electron chi connectivity index (χ4n) is 2.21. The summed E-state index contributed by atoms with van der Waals surface area (Å²) in [5, 5.41) is 11.5. The highest BCUT2D eigenvalue weighted by atomic mass is 16.4. The van der Waals surface area contributed by atoms with E-state index < -0.39 is 5.97 Å². The van der Waals surface area contributed by atoms with Gasteiger partial charge in [-0.1, -0.05) is 17.7 Å². The van der Waals surface area contributed by atoms with Crippen LogP contribution >= 0.6 is 0 Å². The SMILES string of the molecule is Cc1ccc(-n2[nH]c(=O)c(CC(=O)O)c2C)c(C)c1. The van der Waals surface area contributed by atoms with Gasteiger partial charge >= 0.3 is 5.97 Å². The number of aryl methyl sites for hydroxylation is 2. The summed E-state index contributed by atoms with van der Waals surface area (Å²) in [7, 11) is 0. The van der Waals surface area contributed by atoms with Gasteiger partial charge in [0.1, 0.15) is 0 Å². The van der Waals surface area contributed by atoms with Crippen molar-refractivity contribution < 1.29 is 9.90 Å². The quantitative estimate of drug-likeness (QED) is 0.882.